The number of ether oxygens (including phenoxy) is 1. The molecule has 0 saturated heterocycles. The molecule has 0 bridgehead atoms. The minimum absolute atomic E-state index is 0.0349. The van der Waals surface area contributed by atoms with Gasteiger partial charge in [-0.2, -0.15) is 11.8 Å². The van der Waals surface area contributed by atoms with Crippen molar-refractivity contribution in [2.75, 3.05) is 25.2 Å². The largest absolute Gasteiger partial charge is 0.469 e. The number of nitrogens with one attached hydrogen (secondary N) is 1. The van der Waals surface area contributed by atoms with E-state index < -0.39 is 0 Å². The molecule has 0 heterocycles. The molecule has 0 radical (unpaired) electrons. The first-order valence-corrected chi connectivity index (χ1v) is 7.05. The summed E-state index contributed by atoms with van der Waals surface area (Å²) in [5, 5.41) is 2.85. The number of esters is 1. The number of rotatable bonds is 8. The van der Waals surface area contributed by atoms with Crippen LogP contribution in [0.2, 0.25) is 0 Å². The lowest BCUT2D eigenvalue weighted by atomic mass is 10.1. The Balaban J connectivity index is 3.54. The lowest BCUT2D eigenvalue weighted by Gasteiger charge is -2.09. The average molecular weight is 261 g/mol. The summed E-state index contributed by atoms with van der Waals surface area (Å²) < 4.78 is 4.61. The molecule has 0 spiro atoms. The third kappa shape index (κ3) is 9.03. The summed E-state index contributed by atoms with van der Waals surface area (Å²) in [6, 6.07) is 0. The van der Waals surface area contributed by atoms with E-state index in [9.17, 15) is 9.59 Å². The quantitative estimate of drug-likeness (QED) is 0.676. The van der Waals surface area contributed by atoms with Crippen molar-refractivity contribution in [1.29, 1.82) is 0 Å². The van der Waals surface area contributed by atoms with E-state index in [0.29, 0.717) is 17.4 Å². The molecular formula is C12H23NO3S. The average Bonchev–Trinajstić information content (AvgIpc) is 2.27. The fourth-order valence-electron chi connectivity index (χ4n) is 1.15. The smallest absolute Gasteiger partial charge is 0.309 e. The number of carbonyl (C=O) groups is 2. The Kier molecular flexibility index (Phi) is 8.94. The van der Waals surface area contributed by atoms with Crippen molar-refractivity contribution in [3.05, 3.63) is 0 Å². The summed E-state index contributed by atoms with van der Waals surface area (Å²) in [4.78, 5) is 22.5. The number of amides is 1. The lowest BCUT2D eigenvalue weighted by molar-refractivity contribution is -0.144. The van der Waals surface area contributed by atoms with E-state index in [4.69, 9.17) is 0 Å². The van der Waals surface area contributed by atoms with Crippen LogP contribution in [-0.2, 0) is 14.3 Å². The van der Waals surface area contributed by atoms with Crippen LogP contribution in [0.4, 0.5) is 0 Å². The van der Waals surface area contributed by atoms with Crippen LogP contribution >= 0.6 is 11.8 Å². The van der Waals surface area contributed by atoms with Gasteiger partial charge in [0.1, 0.15) is 0 Å². The Morgan fingerprint density at radius 3 is 2.47 bits per heavy atom. The topological polar surface area (TPSA) is 55.4 Å². The molecule has 1 amide bonds. The Morgan fingerprint density at radius 1 is 1.29 bits per heavy atom. The van der Waals surface area contributed by atoms with E-state index >= 15 is 0 Å². The molecule has 0 aliphatic heterocycles. The Morgan fingerprint density at radius 2 is 1.94 bits per heavy atom. The Labute approximate surface area is 108 Å². The van der Waals surface area contributed by atoms with E-state index in [-0.39, 0.29) is 17.8 Å². The molecule has 0 rings (SSSR count). The van der Waals surface area contributed by atoms with Crippen LogP contribution in [0.1, 0.15) is 27.2 Å². The van der Waals surface area contributed by atoms with Crippen molar-refractivity contribution in [2.45, 2.75) is 27.2 Å². The second-order valence-electron chi connectivity index (χ2n) is 4.47. The van der Waals surface area contributed by atoms with Gasteiger partial charge in [-0.05, 0) is 12.3 Å². The number of carbonyl (C=O) groups excluding carboxylic acids is 2. The molecule has 0 aliphatic carbocycles. The van der Waals surface area contributed by atoms with Gasteiger partial charge in [0, 0.05) is 12.3 Å². The second-order valence-corrected chi connectivity index (χ2v) is 5.50. The molecule has 0 aromatic carbocycles. The highest BCUT2D eigenvalue weighted by Crippen LogP contribution is 2.09. The lowest BCUT2D eigenvalue weighted by Crippen LogP contribution is -2.27. The van der Waals surface area contributed by atoms with Gasteiger partial charge in [0.25, 0.3) is 0 Å². The molecule has 5 heteroatoms. The number of hydrogen-bond acceptors (Lipinski definition) is 4. The third-order valence-corrected chi connectivity index (χ3v) is 3.45. The molecule has 100 valence electrons. The van der Waals surface area contributed by atoms with Crippen LogP contribution in [0.5, 0.6) is 0 Å². The minimum atomic E-state index is -0.224. The predicted molar refractivity (Wildman–Crippen MR) is 71.0 cm³/mol. The molecule has 0 aliphatic rings. The first-order chi connectivity index (χ1) is 7.97. The summed E-state index contributed by atoms with van der Waals surface area (Å²) in [7, 11) is 1.38. The van der Waals surface area contributed by atoms with Crippen molar-refractivity contribution < 1.29 is 14.3 Å². The maximum absolute atomic E-state index is 11.4. The van der Waals surface area contributed by atoms with Crippen molar-refractivity contribution in [3.63, 3.8) is 0 Å². The summed E-state index contributed by atoms with van der Waals surface area (Å²) >= 11 is 1.46. The molecule has 0 aromatic heterocycles. The zero-order valence-corrected chi connectivity index (χ0v) is 11.9. The van der Waals surface area contributed by atoms with E-state index in [0.717, 1.165) is 13.0 Å². The molecule has 1 N–H and O–H groups in total. The van der Waals surface area contributed by atoms with Gasteiger partial charge < -0.3 is 10.1 Å². The highest BCUT2D eigenvalue weighted by Gasteiger charge is 2.13. The van der Waals surface area contributed by atoms with Crippen LogP contribution < -0.4 is 5.32 Å². The van der Waals surface area contributed by atoms with Crippen molar-refractivity contribution in [1.82, 2.24) is 5.32 Å². The fourth-order valence-corrected chi connectivity index (χ4v) is 2.04. The van der Waals surface area contributed by atoms with Gasteiger partial charge in [0.05, 0.1) is 18.8 Å². The summed E-state index contributed by atoms with van der Waals surface area (Å²) in [6.07, 6.45) is 0.995. The van der Waals surface area contributed by atoms with Crippen LogP contribution in [-0.4, -0.2) is 37.0 Å². The fraction of sp³-hybridized carbons (Fsp3) is 0.833. The Hall–Kier alpha value is -0.710. The van der Waals surface area contributed by atoms with Crippen LogP contribution in [0, 0.1) is 11.8 Å². The van der Waals surface area contributed by atoms with Gasteiger partial charge in [-0.25, -0.2) is 0 Å². The zero-order valence-electron chi connectivity index (χ0n) is 11.1. The van der Waals surface area contributed by atoms with Gasteiger partial charge in [-0.1, -0.05) is 20.8 Å². The van der Waals surface area contributed by atoms with Crippen LogP contribution in [0.15, 0.2) is 0 Å². The molecule has 0 fully saturated rings. The molecule has 0 aromatic rings. The maximum Gasteiger partial charge on any atom is 0.309 e. The molecular weight excluding hydrogens is 238 g/mol. The van der Waals surface area contributed by atoms with Crippen molar-refractivity contribution >= 4 is 23.6 Å². The number of thioether (sulfide) groups is 1. The SMILES string of the molecule is COC(=O)C(C)CSCC(=O)NCCC(C)C. The Bertz CT molecular complexity index is 244. The maximum atomic E-state index is 11.4. The molecule has 17 heavy (non-hydrogen) atoms. The zero-order chi connectivity index (χ0) is 13.3. The molecule has 0 saturated carbocycles. The highest BCUT2D eigenvalue weighted by molar-refractivity contribution is 7.99. The van der Waals surface area contributed by atoms with E-state index in [1.54, 1.807) is 6.92 Å². The summed E-state index contributed by atoms with van der Waals surface area (Å²) in [6.45, 7) is 6.77. The predicted octanol–water partition coefficient (Wildman–Crippen LogP) is 1.69. The first kappa shape index (κ1) is 16.3. The van der Waals surface area contributed by atoms with Gasteiger partial charge in [0.15, 0.2) is 0 Å². The van der Waals surface area contributed by atoms with E-state index in [1.807, 2.05) is 0 Å². The monoisotopic (exact) mass is 261 g/mol. The summed E-state index contributed by atoms with van der Waals surface area (Å²) in [5.74, 6) is 1.27. The van der Waals surface area contributed by atoms with Crippen molar-refractivity contribution in [3.8, 4) is 0 Å². The van der Waals surface area contributed by atoms with Gasteiger partial charge >= 0.3 is 5.97 Å². The summed E-state index contributed by atoms with van der Waals surface area (Å²) in [5.41, 5.74) is 0. The second kappa shape index (κ2) is 9.33. The van der Waals surface area contributed by atoms with E-state index in [2.05, 4.69) is 23.9 Å². The normalized spacial score (nSPS) is 12.3. The third-order valence-electron chi connectivity index (χ3n) is 2.25. The molecule has 4 nitrogen and oxygen atoms in total. The van der Waals surface area contributed by atoms with Crippen LogP contribution in [0.3, 0.4) is 0 Å². The number of hydrogen-bond donors (Lipinski definition) is 1. The first-order valence-electron chi connectivity index (χ1n) is 5.89. The molecule has 1 atom stereocenters. The van der Waals surface area contributed by atoms with Crippen molar-refractivity contribution in [2.24, 2.45) is 11.8 Å². The van der Waals surface area contributed by atoms with Gasteiger partial charge in [0.2, 0.25) is 5.91 Å². The standard InChI is InChI=1S/C12H23NO3S/c1-9(2)5-6-13-11(14)8-17-7-10(3)12(15)16-4/h9-10H,5-8H2,1-4H3,(H,13,14). The van der Waals surface area contributed by atoms with Gasteiger partial charge in [-0.15, -0.1) is 0 Å². The highest BCUT2D eigenvalue weighted by atomic mass is 32.2. The van der Waals surface area contributed by atoms with Gasteiger partial charge in [-0.3, -0.25) is 9.59 Å². The minimum Gasteiger partial charge on any atom is -0.469 e. The van der Waals surface area contributed by atoms with Crippen LogP contribution in [0.25, 0.3) is 0 Å². The van der Waals surface area contributed by atoms with E-state index in [1.165, 1.54) is 18.9 Å². The number of methoxy groups -OCH3 is 1. The molecule has 1 unspecified atom stereocenters.